The zero-order valence-electron chi connectivity index (χ0n) is 33.2. The number of anilines is 2. The number of imide groups is 2. The molecular formula is C41H38Cl2N10O8S. The highest BCUT2D eigenvalue weighted by Gasteiger charge is 2.45. The number of rotatable bonds is 17. The second-order valence-corrected chi connectivity index (χ2v) is 17.3. The van der Waals surface area contributed by atoms with Gasteiger partial charge in [0.15, 0.2) is 5.75 Å². The van der Waals surface area contributed by atoms with Gasteiger partial charge in [0.1, 0.15) is 36.8 Å². The molecule has 0 saturated carbocycles. The Labute approximate surface area is 365 Å². The highest BCUT2D eigenvalue weighted by Crippen LogP contribution is 2.39. The number of amides is 4. The zero-order chi connectivity index (χ0) is 44.2. The molecule has 0 spiro atoms. The molecule has 1 unspecified atom stereocenters. The highest BCUT2D eigenvalue weighted by molar-refractivity contribution is 7.92. The molecule has 2 aliphatic heterocycles. The van der Waals surface area contributed by atoms with Crippen molar-refractivity contribution in [2.45, 2.75) is 57.8 Å². The van der Waals surface area contributed by atoms with Crippen LogP contribution in [0.4, 0.5) is 11.6 Å². The van der Waals surface area contributed by atoms with E-state index in [1.165, 1.54) is 23.1 Å². The Hall–Kier alpha value is -6.62. The lowest BCUT2D eigenvalue weighted by Gasteiger charge is -2.27. The van der Waals surface area contributed by atoms with Gasteiger partial charge < -0.3 is 14.8 Å². The van der Waals surface area contributed by atoms with Crippen molar-refractivity contribution < 1.29 is 37.1 Å². The molecule has 0 aliphatic carbocycles. The molecule has 7 rings (SSSR count). The van der Waals surface area contributed by atoms with Crippen molar-refractivity contribution in [1.82, 2.24) is 35.2 Å². The first-order chi connectivity index (χ1) is 29.7. The third-order valence-electron chi connectivity index (χ3n) is 10.2. The fourth-order valence-corrected chi connectivity index (χ4v) is 8.18. The molecule has 1 saturated heterocycles. The van der Waals surface area contributed by atoms with Crippen molar-refractivity contribution in [3.63, 3.8) is 0 Å². The van der Waals surface area contributed by atoms with E-state index >= 15 is 0 Å². The third kappa shape index (κ3) is 9.47. The minimum Gasteiger partial charge on any atom is -0.489 e. The molecule has 1 fully saturated rings. The van der Waals surface area contributed by atoms with Gasteiger partial charge in [-0.2, -0.15) is 5.26 Å². The average molecular weight is 902 g/mol. The second-order valence-electron chi connectivity index (χ2n) is 14.7. The van der Waals surface area contributed by atoms with E-state index in [0.29, 0.717) is 39.2 Å². The molecular weight excluding hydrogens is 863 g/mol. The summed E-state index contributed by atoms with van der Waals surface area (Å²) in [5.41, 5.74) is 2.91. The number of ether oxygens (including phenoxy) is 2. The smallest absolute Gasteiger partial charge is 0.264 e. The number of halogens is 2. The zero-order valence-corrected chi connectivity index (χ0v) is 35.6. The molecule has 21 heteroatoms. The van der Waals surface area contributed by atoms with Crippen molar-refractivity contribution in [1.29, 1.82) is 5.26 Å². The minimum atomic E-state index is -3.94. The Morgan fingerprint density at radius 2 is 1.81 bits per heavy atom. The predicted octanol–water partition coefficient (Wildman–Crippen LogP) is 4.57. The SMILES string of the molecule is CC(C)(c1ccc(OCc2ccnc(NS(=O)(=O)CCn3cc(CNc4cccc5c4C(=O)N(C4CCC(=O)NC4=O)C5=O)nn3)n2)cc1)c1cc(Cl)c(OCCCl)c(C#N)c1. The molecule has 3 aromatic carbocycles. The van der Waals surface area contributed by atoms with E-state index in [1.54, 1.807) is 42.5 Å². The summed E-state index contributed by atoms with van der Waals surface area (Å²) >= 11 is 12.2. The molecule has 62 heavy (non-hydrogen) atoms. The van der Waals surface area contributed by atoms with Gasteiger partial charge in [-0.15, -0.1) is 16.7 Å². The fraction of sp³-hybridized carbons (Fsp3) is 0.293. The van der Waals surface area contributed by atoms with Crippen LogP contribution in [0.25, 0.3) is 0 Å². The Kier molecular flexibility index (Phi) is 12.7. The summed E-state index contributed by atoms with van der Waals surface area (Å²) < 4.78 is 41.3. The van der Waals surface area contributed by atoms with Gasteiger partial charge in [0.05, 0.1) is 58.3 Å². The van der Waals surface area contributed by atoms with Crippen LogP contribution in [0.1, 0.15) is 75.5 Å². The standard InChI is InChI=1S/C41H38Cl2N10O8S/c1-41(2,26-18-24(20-44)36(31(43)19-26)60-16-13-42)25-6-8-29(9-7-25)61-23-27-12-14-45-40(47-27)50-62(58,59)17-15-52-22-28(49-51-52)21-46-32-5-3-4-30-35(32)39(57)53(38(30)56)33-10-11-34(54)48-37(33)55/h3-9,12,14,18-19,22,33,46H,10-11,13,15-17,21,23H2,1-2H3,(H,45,47,50)(H,48,54,55). The molecule has 3 N–H and O–H groups in total. The summed E-state index contributed by atoms with van der Waals surface area (Å²) in [6, 6.07) is 18.3. The number of fused-ring (bicyclic) bond motifs is 1. The number of nitrogens with one attached hydrogen (secondary N) is 3. The van der Waals surface area contributed by atoms with Gasteiger partial charge in [0.25, 0.3) is 11.8 Å². The van der Waals surface area contributed by atoms with Crippen molar-refractivity contribution in [3.8, 4) is 17.6 Å². The first-order valence-corrected chi connectivity index (χ1v) is 21.7. The molecule has 2 aromatic heterocycles. The van der Waals surface area contributed by atoms with Gasteiger partial charge in [-0.25, -0.2) is 18.4 Å². The first-order valence-electron chi connectivity index (χ1n) is 19.1. The summed E-state index contributed by atoms with van der Waals surface area (Å²) in [7, 11) is -3.94. The summed E-state index contributed by atoms with van der Waals surface area (Å²) in [6.45, 7) is 4.27. The maximum Gasteiger partial charge on any atom is 0.264 e. The Morgan fingerprint density at radius 1 is 1.02 bits per heavy atom. The molecule has 4 heterocycles. The van der Waals surface area contributed by atoms with E-state index in [9.17, 15) is 32.9 Å². The van der Waals surface area contributed by atoms with E-state index in [4.69, 9.17) is 32.7 Å². The average Bonchev–Trinajstić information content (AvgIpc) is 3.82. The number of nitrogens with zero attached hydrogens (tertiary/aromatic N) is 7. The van der Waals surface area contributed by atoms with E-state index < -0.39 is 45.1 Å². The van der Waals surface area contributed by atoms with Crippen molar-refractivity contribution in [3.05, 3.63) is 117 Å². The number of nitriles is 1. The van der Waals surface area contributed by atoms with Crippen LogP contribution < -0.4 is 24.8 Å². The van der Waals surface area contributed by atoms with Gasteiger partial charge in [-0.05, 0) is 60.0 Å². The summed E-state index contributed by atoms with van der Waals surface area (Å²) in [5, 5.41) is 23.4. The Bertz CT molecular complexity index is 2720. The number of aromatic nitrogens is 5. The van der Waals surface area contributed by atoms with Crippen LogP contribution in [0.3, 0.4) is 0 Å². The monoisotopic (exact) mass is 900 g/mol. The Balaban J connectivity index is 0.907. The van der Waals surface area contributed by atoms with Crippen LogP contribution in [0, 0.1) is 11.3 Å². The van der Waals surface area contributed by atoms with E-state index in [-0.39, 0.29) is 67.9 Å². The molecule has 1 atom stereocenters. The van der Waals surface area contributed by atoms with Crippen molar-refractivity contribution in [2.24, 2.45) is 0 Å². The van der Waals surface area contributed by atoms with Gasteiger partial charge in [0, 0.05) is 23.7 Å². The van der Waals surface area contributed by atoms with Crippen molar-refractivity contribution in [2.75, 3.05) is 28.3 Å². The topological polar surface area (TPSA) is 240 Å². The number of piperidine rings is 1. The number of hydrogen-bond acceptors (Lipinski definition) is 14. The number of carbonyl (C=O) groups excluding carboxylic acids is 4. The lowest BCUT2D eigenvalue weighted by molar-refractivity contribution is -0.136. The maximum atomic E-state index is 13.4. The fourth-order valence-electron chi connectivity index (χ4n) is 6.92. The number of aryl methyl sites for hydroxylation is 1. The molecule has 5 aromatic rings. The normalized spacial score (nSPS) is 15.2. The molecule has 0 bridgehead atoms. The van der Waals surface area contributed by atoms with Crippen LogP contribution in [0.2, 0.25) is 5.02 Å². The lowest BCUT2D eigenvalue weighted by Crippen LogP contribution is -2.54. The predicted molar refractivity (Wildman–Crippen MR) is 225 cm³/mol. The minimum absolute atomic E-state index is 0.00576. The molecule has 0 radical (unpaired) electrons. The van der Waals surface area contributed by atoms with Gasteiger partial charge >= 0.3 is 0 Å². The molecule has 4 amide bonds. The maximum absolute atomic E-state index is 13.4. The number of benzene rings is 3. The second kappa shape index (κ2) is 18.2. The molecule has 18 nitrogen and oxygen atoms in total. The first kappa shape index (κ1) is 43.5. The van der Waals surface area contributed by atoms with Crippen LogP contribution >= 0.6 is 23.2 Å². The summed E-state index contributed by atoms with van der Waals surface area (Å²) in [6.07, 6.45) is 2.99. The van der Waals surface area contributed by atoms with Gasteiger partial charge in [0.2, 0.25) is 27.8 Å². The molecule has 2 aliphatic rings. The number of carbonyl (C=O) groups is 4. The van der Waals surface area contributed by atoms with Gasteiger partial charge in [-0.3, -0.25) is 38.8 Å². The highest BCUT2D eigenvalue weighted by atomic mass is 35.5. The number of hydrogen-bond donors (Lipinski definition) is 3. The largest absolute Gasteiger partial charge is 0.489 e. The van der Waals surface area contributed by atoms with E-state index in [2.05, 4.69) is 41.7 Å². The van der Waals surface area contributed by atoms with Crippen LogP contribution in [-0.2, 0) is 44.7 Å². The summed E-state index contributed by atoms with van der Waals surface area (Å²) in [5.74, 6) is -1.88. The Morgan fingerprint density at radius 3 is 2.55 bits per heavy atom. The molecule has 320 valence electrons. The quantitative estimate of drug-likeness (QED) is 0.0856. The number of alkyl halides is 1. The van der Waals surface area contributed by atoms with Gasteiger partial charge in [-0.1, -0.05) is 48.9 Å². The van der Waals surface area contributed by atoms with E-state index in [1.807, 2.05) is 26.0 Å². The summed E-state index contributed by atoms with van der Waals surface area (Å²) in [4.78, 5) is 59.8. The van der Waals surface area contributed by atoms with Crippen LogP contribution in [-0.4, -0.2) is 86.2 Å². The van der Waals surface area contributed by atoms with Crippen LogP contribution in [0.5, 0.6) is 11.5 Å². The third-order valence-corrected chi connectivity index (χ3v) is 11.9. The van der Waals surface area contributed by atoms with Crippen molar-refractivity contribution >= 4 is 68.5 Å². The number of sulfonamides is 1. The lowest BCUT2D eigenvalue weighted by atomic mass is 9.77. The van der Waals surface area contributed by atoms with Crippen LogP contribution in [0.15, 0.2) is 73.1 Å². The van der Waals surface area contributed by atoms with E-state index in [0.717, 1.165) is 16.0 Å².